The van der Waals surface area contributed by atoms with Crippen molar-refractivity contribution in [2.45, 2.75) is 32.9 Å². The highest BCUT2D eigenvalue weighted by Gasteiger charge is 2.33. The van der Waals surface area contributed by atoms with E-state index in [0.717, 1.165) is 21.7 Å². The Balaban J connectivity index is 2.06. The third kappa shape index (κ3) is 8.86. The molecule has 3 aromatic carbocycles. The number of hydrogen-bond acceptors (Lipinski definition) is 4. The molecule has 214 valence electrons. The molecular formula is C29H32Cl3N3O4S. The number of carbonyl (C=O) groups is 2. The standard InChI is InChI=1S/C29H32Cl3N3O4S/c1-20(2)17-33-29(37)27(14-21-10-6-4-7-11-21)34(18-22-12-8-5-9-13-22)28(36)19-35(40(3,38)39)26-16-24(31)23(30)15-25(26)32/h4-13,15-16,20,27H,14,17-19H2,1-3H3,(H,33,37). The zero-order valence-electron chi connectivity index (χ0n) is 22.5. The number of sulfonamides is 1. The second-order valence-corrected chi connectivity index (χ2v) is 13.0. The topological polar surface area (TPSA) is 86.8 Å². The monoisotopic (exact) mass is 623 g/mol. The van der Waals surface area contributed by atoms with Crippen molar-refractivity contribution >= 4 is 62.3 Å². The quantitative estimate of drug-likeness (QED) is 0.257. The average Bonchev–Trinajstić information content (AvgIpc) is 2.90. The largest absolute Gasteiger partial charge is 0.354 e. The maximum Gasteiger partial charge on any atom is 0.244 e. The summed E-state index contributed by atoms with van der Waals surface area (Å²) in [6.45, 7) is 3.85. The first-order valence-electron chi connectivity index (χ1n) is 12.6. The van der Waals surface area contributed by atoms with Crippen molar-refractivity contribution in [2.75, 3.05) is 23.7 Å². The number of nitrogens with zero attached hydrogens (tertiary/aromatic N) is 2. The van der Waals surface area contributed by atoms with Crippen molar-refractivity contribution in [1.29, 1.82) is 0 Å². The number of hydrogen-bond donors (Lipinski definition) is 1. The van der Waals surface area contributed by atoms with Gasteiger partial charge in [-0.15, -0.1) is 0 Å². The molecule has 0 aromatic heterocycles. The van der Waals surface area contributed by atoms with E-state index < -0.39 is 28.5 Å². The van der Waals surface area contributed by atoms with E-state index in [-0.39, 0.29) is 45.5 Å². The molecule has 1 atom stereocenters. The molecule has 0 aliphatic carbocycles. The van der Waals surface area contributed by atoms with Crippen LogP contribution in [0.2, 0.25) is 15.1 Å². The van der Waals surface area contributed by atoms with Crippen LogP contribution < -0.4 is 9.62 Å². The summed E-state index contributed by atoms with van der Waals surface area (Å²) < 4.78 is 26.7. The Morgan fingerprint density at radius 2 is 1.40 bits per heavy atom. The zero-order chi connectivity index (χ0) is 29.4. The van der Waals surface area contributed by atoms with Gasteiger partial charge in [0.05, 0.1) is 27.0 Å². The van der Waals surface area contributed by atoms with Gasteiger partial charge in [-0.05, 0) is 29.2 Å². The van der Waals surface area contributed by atoms with E-state index in [1.165, 1.54) is 17.0 Å². The second-order valence-electron chi connectivity index (χ2n) is 9.84. The summed E-state index contributed by atoms with van der Waals surface area (Å²) >= 11 is 18.6. The molecule has 0 saturated heterocycles. The van der Waals surface area contributed by atoms with E-state index in [4.69, 9.17) is 34.8 Å². The molecule has 2 amide bonds. The summed E-state index contributed by atoms with van der Waals surface area (Å²) in [4.78, 5) is 29.1. The molecular weight excluding hydrogens is 593 g/mol. The summed E-state index contributed by atoms with van der Waals surface area (Å²) in [5, 5.41) is 3.18. The predicted octanol–water partition coefficient (Wildman–Crippen LogP) is 5.83. The van der Waals surface area contributed by atoms with E-state index in [0.29, 0.717) is 6.54 Å². The third-order valence-electron chi connectivity index (χ3n) is 6.09. The summed E-state index contributed by atoms with van der Waals surface area (Å²) in [6, 6.07) is 20.3. The second kappa shape index (κ2) is 14.2. The van der Waals surface area contributed by atoms with Crippen molar-refractivity contribution in [1.82, 2.24) is 10.2 Å². The Morgan fingerprint density at radius 3 is 1.95 bits per heavy atom. The Bertz CT molecular complexity index is 1420. The van der Waals surface area contributed by atoms with Gasteiger partial charge in [0.25, 0.3) is 0 Å². The number of halogens is 3. The van der Waals surface area contributed by atoms with Crippen molar-refractivity contribution in [3.8, 4) is 0 Å². The summed E-state index contributed by atoms with van der Waals surface area (Å²) in [5.41, 5.74) is 1.64. The Labute approximate surface area is 251 Å². The van der Waals surface area contributed by atoms with Crippen molar-refractivity contribution in [2.24, 2.45) is 5.92 Å². The number of amides is 2. The summed E-state index contributed by atoms with van der Waals surface area (Å²) in [7, 11) is -4.00. The van der Waals surface area contributed by atoms with Gasteiger partial charge in [0.1, 0.15) is 12.6 Å². The molecule has 0 heterocycles. The van der Waals surface area contributed by atoms with Crippen LogP contribution in [0.5, 0.6) is 0 Å². The first-order valence-corrected chi connectivity index (χ1v) is 15.6. The fourth-order valence-corrected chi connectivity index (χ4v) is 5.60. The van der Waals surface area contributed by atoms with Gasteiger partial charge in [-0.2, -0.15) is 0 Å². The highest BCUT2D eigenvalue weighted by Crippen LogP contribution is 2.35. The average molecular weight is 625 g/mol. The molecule has 0 saturated carbocycles. The SMILES string of the molecule is CC(C)CNC(=O)C(Cc1ccccc1)N(Cc1ccccc1)C(=O)CN(c1cc(Cl)c(Cl)cc1Cl)S(C)(=O)=O. The minimum absolute atomic E-state index is 0.00967. The van der Waals surface area contributed by atoms with Gasteiger partial charge >= 0.3 is 0 Å². The lowest BCUT2D eigenvalue weighted by molar-refractivity contribution is -0.140. The van der Waals surface area contributed by atoms with Crippen LogP contribution in [0.25, 0.3) is 0 Å². The van der Waals surface area contributed by atoms with Gasteiger partial charge < -0.3 is 10.2 Å². The van der Waals surface area contributed by atoms with Crippen LogP contribution >= 0.6 is 34.8 Å². The molecule has 0 aliphatic heterocycles. The molecule has 0 radical (unpaired) electrons. The van der Waals surface area contributed by atoms with Crippen LogP contribution in [0.15, 0.2) is 72.8 Å². The highest BCUT2D eigenvalue weighted by molar-refractivity contribution is 7.92. The van der Waals surface area contributed by atoms with E-state index in [1.807, 2.05) is 74.5 Å². The lowest BCUT2D eigenvalue weighted by Crippen LogP contribution is -2.53. The Hall–Kier alpha value is -2.78. The molecule has 1 N–H and O–H groups in total. The van der Waals surface area contributed by atoms with Crippen LogP contribution in [0.3, 0.4) is 0 Å². The number of rotatable bonds is 12. The molecule has 11 heteroatoms. The van der Waals surface area contributed by atoms with Gasteiger partial charge in [-0.1, -0.05) is 109 Å². The normalized spacial score (nSPS) is 12.2. The first-order chi connectivity index (χ1) is 18.9. The first kappa shape index (κ1) is 31.7. The van der Waals surface area contributed by atoms with Gasteiger partial charge in [-0.3, -0.25) is 13.9 Å². The fourth-order valence-electron chi connectivity index (χ4n) is 4.05. The molecule has 3 aromatic rings. The van der Waals surface area contributed by atoms with Crippen LogP contribution in [-0.2, 0) is 32.6 Å². The molecule has 0 spiro atoms. The van der Waals surface area contributed by atoms with Crippen LogP contribution in [-0.4, -0.2) is 50.5 Å². The summed E-state index contributed by atoms with van der Waals surface area (Å²) in [6.07, 6.45) is 1.20. The molecule has 0 fully saturated rings. The maximum atomic E-state index is 14.1. The van der Waals surface area contributed by atoms with Crippen molar-refractivity contribution in [3.05, 3.63) is 99.0 Å². The zero-order valence-corrected chi connectivity index (χ0v) is 25.6. The van der Waals surface area contributed by atoms with Crippen LogP contribution in [0.1, 0.15) is 25.0 Å². The van der Waals surface area contributed by atoms with E-state index in [1.54, 1.807) is 0 Å². The number of anilines is 1. The molecule has 0 bridgehead atoms. The van der Waals surface area contributed by atoms with Gasteiger partial charge in [0.2, 0.25) is 21.8 Å². The lowest BCUT2D eigenvalue weighted by atomic mass is 10.0. The minimum Gasteiger partial charge on any atom is -0.354 e. The van der Waals surface area contributed by atoms with Crippen molar-refractivity contribution in [3.63, 3.8) is 0 Å². The van der Waals surface area contributed by atoms with E-state index >= 15 is 0 Å². The van der Waals surface area contributed by atoms with Gasteiger partial charge in [-0.25, -0.2) is 8.42 Å². The number of benzene rings is 3. The number of nitrogens with one attached hydrogen (secondary N) is 1. The Morgan fingerprint density at radius 1 is 0.850 bits per heavy atom. The van der Waals surface area contributed by atoms with Gasteiger partial charge in [0, 0.05) is 19.5 Å². The van der Waals surface area contributed by atoms with Gasteiger partial charge in [0.15, 0.2) is 0 Å². The molecule has 40 heavy (non-hydrogen) atoms. The smallest absolute Gasteiger partial charge is 0.244 e. The van der Waals surface area contributed by atoms with Crippen LogP contribution in [0, 0.1) is 5.92 Å². The molecule has 7 nitrogen and oxygen atoms in total. The summed E-state index contributed by atoms with van der Waals surface area (Å²) in [5.74, 6) is -0.727. The maximum absolute atomic E-state index is 14.1. The molecule has 0 aliphatic rings. The molecule has 1 unspecified atom stereocenters. The fraction of sp³-hybridized carbons (Fsp3) is 0.310. The minimum atomic E-state index is -4.00. The van der Waals surface area contributed by atoms with Crippen LogP contribution in [0.4, 0.5) is 5.69 Å². The Kier molecular flexibility index (Phi) is 11.3. The number of carbonyl (C=O) groups excluding carboxylic acids is 2. The predicted molar refractivity (Wildman–Crippen MR) is 162 cm³/mol. The van der Waals surface area contributed by atoms with Crippen molar-refractivity contribution < 1.29 is 18.0 Å². The van der Waals surface area contributed by atoms with E-state index in [9.17, 15) is 18.0 Å². The van der Waals surface area contributed by atoms with E-state index in [2.05, 4.69) is 5.32 Å². The third-order valence-corrected chi connectivity index (χ3v) is 8.24. The lowest BCUT2D eigenvalue weighted by Gasteiger charge is -2.34. The molecule has 3 rings (SSSR count). The highest BCUT2D eigenvalue weighted by atomic mass is 35.5.